The summed E-state index contributed by atoms with van der Waals surface area (Å²) >= 11 is 0. The van der Waals surface area contributed by atoms with Crippen molar-refractivity contribution in [2.45, 2.75) is 129 Å². The number of carbonyl (C=O) groups is 1. The van der Waals surface area contributed by atoms with Gasteiger partial charge in [0.25, 0.3) is 0 Å². The minimum atomic E-state index is -0.307. The predicted octanol–water partition coefficient (Wildman–Crippen LogP) is 7.78. The molecule has 0 spiro atoms. The molecule has 4 aliphatic carbocycles. The van der Waals surface area contributed by atoms with Crippen molar-refractivity contribution < 1.29 is 19.0 Å². The van der Waals surface area contributed by atoms with Crippen LogP contribution >= 0.6 is 0 Å². The molecule has 5 unspecified atom stereocenters. The highest BCUT2D eigenvalue weighted by Crippen LogP contribution is 2.66. The molecule has 4 saturated carbocycles. The highest BCUT2D eigenvalue weighted by molar-refractivity contribution is 5.79. The van der Waals surface area contributed by atoms with E-state index in [1.807, 2.05) is 12.1 Å². The van der Waals surface area contributed by atoms with E-state index in [1.165, 1.54) is 6.42 Å². The van der Waals surface area contributed by atoms with Crippen LogP contribution in [0.25, 0.3) is 0 Å². The molecule has 4 aliphatic rings. The van der Waals surface area contributed by atoms with E-state index >= 15 is 0 Å². The number of nitrogens with one attached hydrogen (secondary N) is 1. The molecule has 0 saturated heterocycles. The third kappa shape index (κ3) is 5.32. The van der Waals surface area contributed by atoms with Gasteiger partial charge in [-0.15, -0.1) is 0 Å². The molecule has 0 heterocycles. The molecule has 1 aromatic rings. The van der Waals surface area contributed by atoms with Crippen LogP contribution in [0, 0.1) is 40.3 Å². The standard InChI is InChI=1S/C34H52FNO3/c1-5-24(6-2)36-30(7-3)22-8-12-29(35)31(20-22)39-19-18-34-17-15-27-26(28(34)11-13-32(34)38)10-9-23-21-25(37)14-16-33(23,27)4/h8,12,20,23-24,26-28,30,32,36,38H,5-7,9-11,13-19,21H2,1-4H3/t23?,26?,27?,28?,30?,32-,33-,34+/m0/s1. The van der Waals surface area contributed by atoms with Crippen LogP contribution in [0.1, 0.15) is 123 Å². The van der Waals surface area contributed by atoms with E-state index in [0.29, 0.717) is 47.9 Å². The summed E-state index contributed by atoms with van der Waals surface area (Å²) < 4.78 is 21.1. The van der Waals surface area contributed by atoms with Gasteiger partial charge in [0.15, 0.2) is 11.6 Å². The first-order valence-corrected chi connectivity index (χ1v) is 16.1. The van der Waals surface area contributed by atoms with Gasteiger partial charge in [-0.1, -0.05) is 33.8 Å². The lowest BCUT2D eigenvalue weighted by molar-refractivity contribution is -0.145. The predicted molar refractivity (Wildman–Crippen MR) is 154 cm³/mol. The summed E-state index contributed by atoms with van der Waals surface area (Å²) in [5.74, 6) is 2.84. The van der Waals surface area contributed by atoms with Crippen molar-refractivity contribution in [1.82, 2.24) is 5.32 Å². The fourth-order valence-electron chi connectivity index (χ4n) is 9.76. The molecule has 1 aromatic carbocycles. The number of aliphatic hydroxyl groups is 1. The number of hydrogen-bond donors (Lipinski definition) is 2. The Bertz CT molecular complexity index is 1010. The summed E-state index contributed by atoms with van der Waals surface area (Å²) in [6.45, 7) is 9.48. The van der Waals surface area contributed by atoms with Crippen LogP contribution in [-0.4, -0.2) is 29.6 Å². The summed E-state index contributed by atoms with van der Waals surface area (Å²) in [6.07, 6.45) is 12.6. The van der Waals surface area contributed by atoms with Crippen molar-refractivity contribution in [2.24, 2.45) is 34.5 Å². The van der Waals surface area contributed by atoms with Gasteiger partial charge < -0.3 is 15.2 Å². The Balaban J connectivity index is 1.28. The van der Waals surface area contributed by atoms with Gasteiger partial charge in [0.05, 0.1) is 12.7 Å². The molecule has 4 fully saturated rings. The highest BCUT2D eigenvalue weighted by Gasteiger charge is 2.61. The number of benzene rings is 1. The van der Waals surface area contributed by atoms with Crippen molar-refractivity contribution in [3.8, 4) is 5.75 Å². The Kier molecular flexibility index (Phi) is 8.79. The fourth-order valence-corrected chi connectivity index (χ4v) is 9.76. The van der Waals surface area contributed by atoms with Crippen molar-refractivity contribution in [3.63, 3.8) is 0 Å². The largest absolute Gasteiger partial charge is 0.490 e. The SMILES string of the molecule is CCC(CC)NC(CC)c1ccc(F)c(OCC[C@]23CCC4C(CCC5CC(=O)CC[C@@]54C)C2CC[C@@H]3O)c1. The summed E-state index contributed by atoms with van der Waals surface area (Å²) in [7, 11) is 0. The van der Waals surface area contributed by atoms with E-state index in [9.17, 15) is 14.3 Å². The van der Waals surface area contributed by atoms with Crippen LogP contribution in [0.5, 0.6) is 5.75 Å². The number of halogens is 1. The fraction of sp³-hybridized carbons (Fsp3) is 0.794. The quantitative estimate of drug-likeness (QED) is 0.318. The van der Waals surface area contributed by atoms with E-state index < -0.39 is 0 Å². The zero-order valence-electron chi connectivity index (χ0n) is 24.8. The third-order valence-electron chi connectivity index (χ3n) is 12.2. The molecular weight excluding hydrogens is 489 g/mol. The minimum absolute atomic E-state index is 0.119. The number of ether oxygens (including phenoxy) is 1. The van der Waals surface area contributed by atoms with Gasteiger partial charge in [0.2, 0.25) is 0 Å². The minimum Gasteiger partial charge on any atom is -0.490 e. The smallest absolute Gasteiger partial charge is 0.165 e. The molecule has 0 bridgehead atoms. The Morgan fingerprint density at radius 1 is 1.05 bits per heavy atom. The number of hydrogen-bond acceptors (Lipinski definition) is 4. The first kappa shape index (κ1) is 29.0. The van der Waals surface area contributed by atoms with E-state index in [0.717, 1.165) is 82.6 Å². The van der Waals surface area contributed by atoms with Crippen LogP contribution < -0.4 is 10.1 Å². The van der Waals surface area contributed by atoms with Gasteiger partial charge >= 0.3 is 0 Å². The maximum absolute atomic E-state index is 14.9. The number of Topliss-reactive ketones (excluding diaryl/α,β-unsaturated/α-hetero) is 1. The molecule has 218 valence electrons. The number of ketones is 1. The van der Waals surface area contributed by atoms with Gasteiger partial charge in [-0.05, 0) is 117 Å². The van der Waals surface area contributed by atoms with Crippen molar-refractivity contribution in [1.29, 1.82) is 0 Å². The van der Waals surface area contributed by atoms with Gasteiger partial charge in [-0.25, -0.2) is 4.39 Å². The van der Waals surface area contributed by atoms with Crippen LogP contribution in [0.3, 0.4) is 0 Å². The molecule has 2 N–H and O–H groups in total. The van der Waals surface area contributed by atoms with Gasteiger partial charge in [-0.3, -0.25) is 4.79 Å². The average molecular weight is 542 g/mol. The summed E-state index contributed by atoms with van der Waals surface area (Å²) in [5.41, 5.74) is 1.23. The Labute approximate surface area is 235 Å². The molecule has 5 rings (SSSR count). The Morgan fingerprint density at radius 3 is 2.59 bits per heavy atom. The summed E-state index contributed by atoms with van der Waals surface area (Å²) in [5, 5.41) is 15.1. The van der Waals surface area contributed by atoms with E-state index in [1.54, 1.807) is 6.07 Å². The lowest BCUT2D eigenvalue weighted by atomic mass is 9.44. The molecule has 0 aliphatic heterocycles. The van der Waals surface area contributed by atoms with Crippen molar-refractivity contribution in [3.05, 3.63) is 29.6 Å². The second-order valence-electron chi connectivity index (χ2n) is 13.7. The Hall–Kier alpha value is -1.46. The first-order chi connectivity index (χ1) is 18.8. The van der Waals surface area contributed by atoms with Crippen LogP contribution in [0.2, 0.25) is 0 Å². The topological polar surface area (TPSA) is 58.6 Å². The van der Waals surface area contributed by atoms with E-state index in [-0.39, 0.29) is 28.8 Å². The zero-order chi connectivity index (χ0) is 27.8. The van der Waals surface area contributed by atoms with E-state index in [2.05, 4.69) is 33.0 Å². The maximum Gasteiger partial charge on any atom is 0.165 e. The molecule has 4 nitrogen and oxygen atoms in total. The molecule has 8 atom stereocenters. The molecule has 0 amide bonds. The monoisotopic (exact) mass is 541 g/mol. The van der Waals surface area contributed by atoms with Gasteiger partial charge in [-0.2, -0.15) is 0 Å². The van der Waals surface area contributed by atoms with Crippen LogP contribution in [-0.2, 0) is 4.79 Å². The van der Waals surface area contributed by atoms with E-state index in [4.69, 9.17) is 4.74 Å². The molecule has 5 heteroatoms. The van der Waals surface area contributed by atoms with Gasteiger partial charge in [0.1, 0.15) is 5.78 Å². The molecule has 0 radical (unpaired) electrons. The molecular formula is C34H52FNO3. The second-order valence-corrected chi connectivity index (χ2v) is 13.7. The highest BCUT2D eigenvalue weighted by atomic mass is 19.1. The molecule has 0 aromatic heterocycles. The third-order valence-corrected chi connectivity index (χ3v) is 12.2. The van der Waals surface area contributed by atoms with Crippen molar-refractivity contribution >= 4 is 5.78 Å². The number of fused-ring (bicyclic) bond motifs is 5. The normalized spacial score (nSPS) is 36.8. The van der Waals surface area contributed by atoms with Crippen molar-refractivity contribution in [2.75, 3.05) is 6.61 Å². The number of carbonyl (C=O) groups excluding carboxylic acids is 1. The van der Waals surface area contributed by atoms with Gasteiger partial charge in [0, 0.05) is 30.3 Å². The zero-order valence-corrected chi connectivity index (χ0v) is 24.8. The molecule has 39 heavy (non-hydrogen) atoms. The second kappa shape index (κ2) is 11.8. The summed E-state index contributed by atoms with van der Waals surface area (Å²) in [6, 6.07) is 5.96. The first-order valence-electron chi connectivity index (χ1n) is 16.1. The Morgan fingerprint density at radius 2 is 1.85 bits per heavy atom. The maximum atomic E-state index is 14.9. The average Bonchev–Trinajstić information content (AvgIpc) is 3.27. The lowest BCUT2D eigenvalue weighted by Gasteiger charge is -2.60. The summed E-state index contributed by atoms with van der Waals surface area (Å²) in [4.78, 5) is 12.2. The lowest BCUT2D eigenvalue weighted by Crippen LogP contribution is -2.55. The number of rotatable bonds is 10. The van der Waals surface area contributed by atoms with Crippen LogP contribution in [0.15, 0.2) is 18.2 Å². The van der Waals surface area contributed by atoms with Crippen LogP contribution in [0.4, 0.5) is 4.39 Å². The number of aliphatic hydroxyl groups excluding tert-OH is 1.